The van der Waals surface area contributed by atoms with E-state index in [0.29, 0.717) is 6.04 Å². The Labute approximate surface area is 124 Å². The number of hydrogen-bond acceptors (Lipinski definition) is 5. The van der Waals surface area contributed by atoms with E-state index < -0.39 is 0 Å². The molecule has 1 aliphatic rings. The molecule has 0 spiro atoms. The fourth-order valence-electron chi connectivity index (χ4n) is 2.53. The number of amides is 1. The van der Waals surface area contributed by atoms with Gasteiger partial charge in [-0.3, -0.25) is 4.79 Å². The molecule has 1 N–H and O–H groups in total. The Morgan fingerprint density at radius 1 is 1.60 bits per heavy atom. The lowest BCUT2D eigenvalue weighted by Crippen LogP contribution is -2.46. The van der Waals surface area contributed by atoms with Crippen LogP contribution in [0.2, 0.25) is 0 Å². The first-order chi connectivity index (χ1) is 9.60. The van der Waals surface area contributed by atoms with Gasteiger partial charge in [-0.05, 0) is 26.7 Å². The lowest BCUT2D eigenvalue weighted by atomic mass is 10.0. The Morgan fingerprint density at radius 3 is 2.85 bits per heavy atom. The molecular formula is C14H23N3O2S. The van der Waals surface area contributed by atoms with Crippen LogP contribution in [-0.4, -0.2) is 48.6 Å². The summed E-state index contributed by atoms with van der Waals surface area (Å²) in [6.45, 7) is 5.98. The molecule has 1 unspecified atom stereocenters. The summed E-state index contributed by atoms with van der Waals surface area (Å²) in [7, 11) is 1.56. The highest BCUT2D eigenvalue weighted by atomic mass is 32.1. The third-order valence-corrected chi connectivity index (χ3v) is 4.47. The maximum absolute atomic E-state index is 11.7. The number of ether oxygens (including phenoxy) is 1. The molecule has 1 fully saturated rings. The van der Waals surface area contributed by atoms with E-state index in [0.717, 1.165) is 36.6 Å². The van der Waals surface area contributed by atoms with Gasteiger partial charge in [0.25, 0.3) is 0 Å². The maximum atomic E-state index is 11.7. The van der Waals surface area contributed by atoms with Crippen LogP contribution in [0.3, 0.4) is 0 Å². The molecule has 112 valence electrons. The Morgan fingerprint density at radius 2 is 2.30 bits per heavy atom. The third-order valence-electron chi connectivity index (χ3n) is 3.68. The molecule has 1 aliphatic heterocycles. The standard InChI is InChI=1S/C14H23N3O2S/c1-10(13-9-20-11(2)16-13)15-12-4-6-17(7-5-12)14(18)8-19-3/h9-10,12,15H,4-8H2,1-3H3. The topological polar surface area (TPSA) is 54.5 Å². The molecule has 1 saturated heterocycles. The summed E-state index contributed by atoms with van der Waals surface area (Å²) < 4.78 is 4.89. The Kier molecular flexibility index (Phi) is 5.51. The van der Waals surface area contributed by atoms with Crippen molar-refractivity contribution < 1.29 is 9.53 Å². The first-order valence-corrected chi connectivity index (χ1v) is 7.93. The Bertz CT molecular complexity index is 441. The van der Waals surface area contributed by atoms with Crippen LogP contribution in [0.15, 0.2) is 5.38 Å². The van der Waals surface area contributed by atoms with E-state index >= 15 is 0 Å². The van der Waals surface area contributed by atoms with Crippen molar-refractivity contribution in [2.24, 2.45) is 0 Å². The predicted octanol–water partition coefficient (Wildman–Crippen LogP) is 1.74. The number of aryl methyl sites for hydroxylation is 1. The number of nitrogens with one attached hydrogen (secondary N) is 1. The van der Waals surface area contributed by atoms with Crippen molar-refractivity contribution in [1.29, 1.82) is 0 Å². The second-order valence-corrected chi connectivity index (χ2v) is 6.33. The van der Waals surface area contributed by atoms with Crippen LogP contribution in [0.1, 0.15) is 36.5 Å². The van der Waals surface area contributed by atoms with Gasteiger partial charge in [-0.1, -0.05) is 0 Å². The van der Waals surface area contributed by atoms with Gasteiger partial charge >= 0.3 is 0 Å². The highest BCUT2D eigenvalue weighted by Crippen LogP contribution is 2.19. The predicted molar refractivity (Wildman–Crippen MR) is 79.9 cm³/mol. The van der Waals surface area contributed by atoms with Gasteiger partial charge in [0.2, 0.25) is 5.91 Å². The molecule has 1 atom stereocenters. The van der Waals surface area contributed by atoms with E-state index in [4.69, 9.17) is 4.74 Å². The van der Waals surface area contributed by atoms with Crippen LogP contribution in [0.5, 0.6) is 0 Å². The van der Waals surface area contributed by atoms with Crippen LogP contribution < -0.4 is 5.32 Å². The van der Waals surface area contributed by atoms with Crippen molar-refractivity contribution in [3.63, 3.8) is 0 Å². The zero-order valence-electron chi connectivity index (χ0n) is 12.4. The number of aromatic nitrogens is 1. The van der Waals surface area contributed by atoms with Gasteiger partial charge in [-0.25, -0.2) is 4.98 Å². The summed E-state index contributed by atoms with van der Waals surface area (Å²) >= 11 is 1.69. The average Bonchev–Trinajstić information content (AvgIpc) is 2.86. The highest BCUT2D eigenvalue weighted by Gasteiger charge is 2.24. The minimum atomic E-state index is 0.0918. The second kappa shape index (κ2) is 7.15. The van der Waals surface area contributed by atoms with Crippen molar-refractivity contribution in [3.8, 4) is 0 Å². The molecule has 6 heteroatoms. The van der Waals surface area contributed by atoms with E-state index in [1.807, 2.05) is 11.8 Å². The zero-order chi connectivity index (χ0) is 14.5. The number of hydrogen-bond donors (Lipinski definition) is 1. The van der Waals surface area contributed by atoms with Crippen LogP contribution in [0.25, 0.3) is 0 Å². The van der Waals surface area contributed by atoms with Crippen molar-refractivity contribution in [2.75, 3.05) is 26.8 Å². The second-order valence-electron chi connectivity index (χ2n) is 5.27. The fourth-order valence-corrected chi connectivity index (χ4v) is 3.23. The summed E-state index contributed by atoms with van der Waals surface area (Å²) in [5.74, 6) is 0.0918. The van der Waals surface area contributed by atoms with Gasteiger partial charge < -0.3 is 15.0 Å². The van der Waals surface area contributed by atoms with Crippen molar-refractivity contribution in [1.82, 2.24) is 15.2 Å². The van der Waals surface area contributed by atoms with E-state index in [1.165, 1.54) is 0 Å². The summed E-state index contributed by atoms with van der Waals surface area (Å²) in [6, 6.07) is 0.727. The number of methoxy groups -OCH3 is 1. The zero-order valence-corrected chi connectivity index (χ0v) is 13.2. The van der Waals surface area contributed by atoms with Gasteiger partial charge in [0.1, 0.15) is 6.61 Å². The Hall–Kier alpha value is -0.980. The summed E-state index contributed by atoms with van der Waals surface area (Å²) in [4.78, 5) is 18.1. The number of nitrogens with zero attached hydrogens (tertiary/aromatic N) is 2. The molecule has 0 aromatic carbocycles. The minimum absolute atomic E-state index is 0.0918. The molecule has 1 aromatic heterocycles. The van der Waals surface area contributed by atoms with Gasteiger partial charge in [-0.2, -0.15) is 0 Å². The Balaban J connectivity index is 1.78. The molecule has 5 nitrogen and oxygen atoms in total. The average molecular weight is 297 g/mol. The number of likely N-dealkylation sites (tertiary alicyclic amines) is 1. The van der Waals surface area contributed by atoms with Crippen molar-refractivity contribution >= 4 is 17.2 Å². The van der Waals surface area contributed by atoms with Crippen LogP contribution in [0, 0.1) is 6.92 Å². The third kappa shape index (κ3) is 4.01. The summed E-state index contributed by atoms with van der Waals surface area (Å²) in [5.41, 5.74) is 1.12. The molecule has 2 heterocycles. The smallest absolute Gasteiger partial charge is 0.248 e. The molecular weight excluding hydrogens is 274 g/mol. The fraction of sp³-hybridized carbons (Fsp3) is 0.714. The van der Waals surface area contributed by atoms with Crippen molar-refractivity contribution in [2.45, 2.75) is 38.8 Å². The maximum Gasteiger partial charge on any atom is 0.248 e. The number of piperidine rings is 1. The van der Waals surface area contributed by atoms with E-state index in [2.05, 4.69) is 22.6 Å². The molecule has 0 aliphatic carbocycles. The molecule has 0 radical (unpaired) electrons. The number of carbonyl (C=O) groups excluding carboxylic acids is 1. The molecule has 1 aromatic rings. The number of rotatable bonds is 5. The summed E-state index contributed by atoms with van der Waals surface area (Å²) in [5, 5.41) is 6.84. The normalized spacial score (nSPS) is 18.2. The van der Waals surface area contributed by atoms with E-state index in [9.17, 15) is 4.79 Å². The van der Waals surface area contributed by atoms with E-state index in [1.54, 1.807) is 18.4 Å². The first kappa shape index (κ1) is 15.4. The first-order valence-electron chi connectivity index (χ1n) is 7.05. The van der Waals surface area contributed by atoms with Crippen LogP contribution in [0.4, 0.5) is 0 Å². The molecule has 1 amide bonds. The SMILES string of the molecule is COCC(=O)N1CCC(NC(C)c2csc(C)n2)CC1. The monoisotopic (exact) mass is 297 g/mol. The van der Waals surface area contributed by atoms with Crippen molar-refractivity contribution in [3.05, 3.63) is 16.1 Å². The molecule has 20 heavy (non-hydrogen) atoms. The van der Waals surface area contributed by atoms with Gasteiger partial charge in [0.05, 0.1) is 10.7 Å². The van der Waals surface area contributed by atoms with Gasteiger partial charge in [0, 0.05) is 37.7 Å². The molecule has 2 rings (SSSR count). The number of carbonyl (C=O) groups is 1. The minimum Gasteiger partial charge on any atom is -0.375 e. The largest absolute Gasteiger partial charge is 0.375 e. The van der Waals surface area contributed by atoms with Gasteiger partial charge in [-0.15, -0.1) is 11.3 Å². The highest BCUT2D eigenvalue weighted by molar-refractivity contribution is 7.09. The molecule has 0 saturated carbocycles. The van der Waals surface area contributed by atoms with Gasteiger partial charge in [0.15, 0.2) is 0 Å². The number of thiazole rings is 1. The van der Waals surface area contributed by atoms with Crippen LogP contribution >= 0.6 is 11.3 Å². The summed E-state index contributed by atoms with van der Waals surface area (Å²) in [6.07, 6.45) is 1.98. The quantitative estimate of drug-likeness (QED) is 0.899. The van der Waals surface area contributed by atoms with Crippen LogP contribution in [-0.2, 0) is 9.53 Å². The lowest BCUT2D eigenvalue weighted by molar-refractivity contribution is -0.136. The van der Waals surface area contributed by atoms with E-state index in [-0.39, 0.29) is 18.6 Å². The lowest BCUT2D eigenvalue weighted by Gasteiger charge is -2.33. The molecule has 0 bridgehead atoms.